The Balaban J connectivity index is 1.80. The van der Waals surface area contributed by atoms with E-state index in [0.29, 0.717) is 32.3 Å². The SMILES string of the molecule is CCCCCCCc1ccc(C2(O)CCC(OC(=O)OCC)CC2)cc1. The van der Waals surface area contributed by atoms with Crippen LogP contribution in [0.5, 0.6) is 0 Å². The number of rotatable bonds is 9. The number of hydrogen-bond acceptors (Lipinski definition) is 4. The van der Waals surface area contributed by atoms with Crippen LogP contribution >= 0.6 is 0 Å². The van der Waals surface area contributed by atoms with E-state index < -0.39 is 11.8 Å². The zero-order valence-electron chi connectivity index (χ0n) is 16.3. The topological polar surface area (TPSA) is 55.8 Å². The van der Waals surface area contributed by atoms with Crippen LogP contribution in [0, 0.1) is 0 Å². The van der Waals surface area contributed by atoms with Crippen LogP contribution in [0.25, 0.3) is 0 Å². The first-order valence-corrected chi connectivity index (χ1v) is 10.2. The summed E-state index contributed by atoms with van der Waals surface area (Å²) in [5.74, 6) is 0. The number of benzene rings is 1. The van der Waals surface area contributed by atoms with Crippen LogP contribution in [-0.2, 0) is 21.5 Å². The van der Waals surface area contributed by atoms with Gasteiger partial charge in [-0.25, -0.2) is 4.79 Å². The number of carbonyl (C=O) groups is 1. The van der Waals surface area contributed by atoms with Crippen molar-refractivity contribution in [3.63, 3.8) is 0 Å². The third-order valence-corrected chi connectivity index (χ3v) is 5.35. The van der Waals surface area contributed by atoms with E-state index in [1.165, 1.54) is 37.7 Å². The highest BCUT2D eigenvalue weighted by Gasteiger charge is 2.36. The Morgan fingerprint density at radius 1 is 1.08 bits per heavy atom. The van der Waals surface area contributed by atoms with Crippen molar-refractivity contribution in [2.45, 2.75) is 89.8 Å². The molecule has 0 radical (unpaired) electrons. The van der Waals surface area contributed by atoms with Crippen molar-refractivity contribution in [3.05, 3.63) is 35.4 Å². The van der Waals surface area contributed by atoms with E-state index in [9.17, 15) is 9.90 Å². The standard InChI is InChI=1S/C22H34O4/c1-3-5-6-7-8-9-18-10-12-19(13-11-18)22(24)16-14-20(15-17-22)26-21(23)25-4-2/h10-13,20,24H,3-9,14-17H2,1-2H3. The second-order valence-electron chi connectivity index (χ2n) is 7.39. The lowest BCUT2D eigenvalue weighted by Crippen LogP contribution is -2.35. The third kappa shape index (κ3) is 6.31. The van der Waals surface area contributed by atoms with Crippen molar-refractivity contribution in [2.75, 3.05) is 6.61 Å². The maximum absolute atomic E-state index is 11.4. The average molecular weight is 363 g/mol. The fourth-order valence-corrected chi connectivity index (χ4v) is 3.68. The molecule has 26 heavy (non-hydrogen) atoms. The first-order valence-electron chi connectivity index (χ1n) is 10.2. The molecule has 146 valence electrons. The molecule has 0 atom stereocenters. The fourth-order valence-electron chi connectivity index (χ4n) is 3.68. The Kier molecular flexibility index (Phi) is 8.43. The van der Waals surface area contributed by atoms with Gasteiger partial charge in [-0.2, -0.15) is 0 Å². The third-order valence-electron chi connectivity index (χ3n) is 5.35. The van der Waals surface area contributed by atoms with Crippen molar-refractivity contribution < 1.29 is 19.4 Å². The number of ether oxygens (including phenoxy) is 2. The second kappa shape index (κ2) is 10.6. The highest BCUT2D eigenvalue weighted by atomic mass is 16.7. The summed E-state index contributed by atoms with van der Waals surface area (Å²) in [4.78, 5) is 11.4. The first kappa shape index (κ1) is 20.8. The van der Waals surface area contributed by atoms with E-state index in [1.54, 1.807) is 6.92 Å². The quantitative estimate of drug-likeness (QED) is 0.465. The predicted octanol–water partition coefficient (Wildman–Crippen LogP) is 5.50. The molecule has 1 aromatic carbocycles. The van der Waals surface area contributed by atoms with Gasteiger partial charge in [0.15, 0.2) is 0 Å². The Morgan fingerprint density at radius 3 is 2.35 bits per heavy atom. The molecule has 4 heteroatoms. The minimum Gasteiger partial charge on any atom is -0.435 e. The van der Waals surface area contributed by atoms with Crippen molar-refractivity contribution >= 4 is 6.16 Å². The summed E-state index contributed by atoms with van der Waals surface area (Å²) >= 11 is 0. The molecule has 2 rings (SSSR count). The predicted molar refractivity (Wildman–Crippen MR) is 103 cm³/mol. The molecule has 1 N–H and O–H groups in total. The Hall–Kier alpha value is -1.55. The van der Waals surface area contributed by atoms with E-state index in [4.69, 9.17) is 9.47 Å². The van der Waals surface area contributed by atoms with Gasteiger partial charge in [0.05, 0.1) is 12.2 Å². The van der Waals surface area contributed by atoms with Crippen LogP contribution in [0.1, 0.15) is 82.8 Å². The van der Waals surface area contributed by atoms with Crippen LogP contribution in [-0.4, -0.2) is 24.0 Å². The van der Waals surface area contributed by atoms with Crippen LogP contribution in [0.4, 0.5) is 4.79 Å². The van der Waals surface area contributed by atoms with Crippen molar-refractivity contribution in [1.29, 1.82) is 0 Å². The summed E-state index contributed by atoms with van der Waals surface area (Å²) < 4.78 is 10.1. The molecule has 0 saturated heterocycles. The molecule has 4 nitrogen and oxygen atoms in total. The lowest BCUT2D eigenvalue weighted by atomic mass is 9.78. The molecule has 1 fully saturated rings. The molecule has 0 aliphatic heterocycles. The fraction of sp³-hybridized carbons (Fsp3) is 0.682. The number of hydrogen-bond donors (Lipinski definition) is 1. The molecule has 0 heterocycles. The van der Waals surface area contributed by atoms with Crippen LogP contribution in [0.15, 0.2) is 24.3 Å². The Bertz CT molecular complexity index is 530. The van der Waals surface area contributed by atoms with E-state index >= 15 is 0 Å². The summed E-state index contributed by atoms with van der Waals surface area (Å²) in [6.07, 6.45) is 9.33. The summed E-state index contributed by atoms with van der Waals surface area (Å²) in [5, 5.41) is 11.0. The largest absolute Gasteiger partial charge is 0.508 e. The molecule has 1 aromatic rings. The highest BCUT2D eigenvalue weighted by Crippen LogP contribution is 2.38. The van der Waals surface area contributed by atoms with E-state index in [2.05, 4.69) is 31.2 Å². The van der Waals surface area contributed by atoms with Crippen LogP contribution in [0.2, 0.25) is 0 Å². The molecule has 0 amide bonds. The Morgan fingerprint density at radius 2 is 1.73 bits per heavy atom. The van der Waals surface area contributed by atoms with Gasteiger partial charge in [-0.15, -0.1) is 0 Å². The molecule has 0 bridgehead atoms. The van der Waals surface area contributed by atoms with Crippen LogP contribution in [0.3, 0.4) is 0 Å². The zero-order valence-corrected chi connectivity index (χ0v) is 16.3. The van der Waals surface area contributed by atoms with Gasteiger partial charge in [0.2, 0.25) is 0 Å². The lowest BCUT2D eigenvalue weighted by Gasteiger charge is -2.36. The number of unbranched alkanes of at least 4 members (excludes halogenated alkanes) is 4. The van der Waals surface area contributed by atoms with Crippen molar-refractivity contribution in [3.8, 4) is 0 Å². The van der Waals surface area contributed by atoms with E-state index in [0.717, 1.165) is 12.0 Å². The summed E-state index contributed by atoms with van der Waals surface area (Å²) in [5.41, 5.74) is 1.50. The summed E-state index contributed by atoms with van der Waals surface area (Å²) in [6.45, 7) is 4.32. The van der Waals surface area contributed by atoms with Gasteiger partial charge in [-0.1, -0.05) is 56.9 Å². The molecular weight excluding hydrogens is 328 g/mol. The van der Waals surface area contributed by atoms with E-state index in [1.807, 2.05) is 0 Å². The molecule has 1 saturated carbocycles. The van der Waals surface area contributed by atoms with Crippen LogP contribution < -0.4 is 0 Å². The van der Waals surface area contributed by atoms with Crippen molar-refractivity contribution in [1.82, 2.24) is 0 Å². The molecular formula is C22H34O4. The highest BCUT2D eigenvalue weighted by molar-refractivity contribution is 5.60. The van der Waals surface area contributed by atoms with Gasteiger partial charge in [0.1, 0.15) is 6.10 Å². The molecule has 0 spiro atoms. The monoisotopic (exact) mass is 362 g/mol. The first-order chi connectivity index (χ1) is 12.6. The van der Waals surface area contributed by atoms with Gasteiger partial charge >= 0.3 is 6.16 Å². The van der Waals surface area contributed by atoms with Gasteiger partial charge in [0.25, 0.3) is 0 Å². The average Bonchev–Trinajstić information content (AvgIpc) is 2.64. The Labute approximate surface area is 157 Å². The van der Waals surface area contributed by atoms with Gasteiger partial charge in [-0.3, -0.25) is 0 Å². The number of carbonyl (C=O) groups excluding carboxylic acids is 1. The normalized spacial score (nSPS) is 22.8. The smallest absolute Gasteiger partial charge is 0.435 e. The minimum absolute atomic E-state index is 0.156. The number of aryl methyl sites for hydroxylation is 1. The maximum Gasteiger partial charge on any atom is 0.508 e. The van der Waals surface area contributed by atoms with Gasteiger partial charge < -0.3 is 14.6 Å². The van der Waals surface area contributed by atoms with Gasteiger partial charge in [0, 0.05) is 0 Å². The lowest BCUT2D eigenvalue weighted by molar-refractivity contribution is -0.0530. The minimum atomic E-state index is -0.811. The second-order valence-corrected chi connectivity index (χ2v) is 7.39. The number of aliphatic hydroxyl groups is 1. The van der Waals surface area contributed by atoms with E-state index in [-0.39, 0.29) is 6.10 Å². The zero-order chi connectivity index (χ0) is 18.8. The molecule has 1 aliphatic carbocycles. The maximum atomic E-state index is 11.4. The van der Waals surface area contributed by atoms with Crippen molar-refractivity contribution in [2.24, 2.45) is 0 Å². The summed E-state index contributed by atoms with van der Waals surface area (Å²) in [7, 11) is 0. The van der Waals surface area contributed by atoms with Gasteiger partial charge in [-0.05, 0) is 56.6 Å². The molecule has 0 unspecified atom stereocenters. The molecule has 0 aromatic heterocycles. The summed E-state index contributed by atoms with van der Waals surface area (Å²) in [6, 6.07) is 8.42. The molecule has 1 aliphatic rings.